The maximum absolute atomic E-state index is 12.2. The molecule has 60 heavy (non-hydrogen) atoms. The number of carbonyl (C=O) groups is 2. The van der Waals surface area contributed by atoms with Crippen molar-refractivity contribution in [1.29, 1.82) is 0 Å². The molecule has 0 aliphatic rings. The van der Waals surface area contributed by atoms with Gasteiger partial charge in [-0.25, -0.2) is 0 Å². The lowest BCUT2D eigenvalue weighted by atomic mass is 10.0. The first kappa shape index (κ1) is 56.0. The lowest BCUT2D eigenvalue weighted by Gasteiger charge is -2.15. The molecule has 0 saturated carbocycles. The van der Waals surface area contributed by atoms with E-state index >= 15 is 0 Å². The van der Waals surface area contributed by atoms with E-state index in [1.807, 2.05) is 12.2 Å². The van der Waals surface area contributed by atoms with Gasteiger partial charge in [-0.15, -0.1) is 0 Å². The third-order valence-corrected chi connectivity index (χ3v) is 9.45. The van der Waals surface area contributed by atoms with E-state index in [2.05, 4.69) is 135 Å². The smallest absolute Gasteiger partial charge is 0.306 e. The number of esters is 2. The molecule has 0 bridgehead atoms. The third kappa shape index (κ3) is 46.7. The van der Waals surface area contributed by atoms with Crippen LogP contribution in [0.3, 0.4) is 0 Å². The van der Waals surface area contributed by atoms with Crippen molar-refractivity contribution in [3.63, 3.8) is 0 Å². The van der Waals surface area contributed by atoms with Crippen molar-refractivity contribution in [2.24, 2.45) is 0 Å². The Morgan fingerprint density at radius 3 is 1.07 bits per heavy atom. The highest BCUT2D eigenvalue weighted by Gasteiger charge is 2.15. The van der Waals surface area contributed by atoms with Crippen LogP contribution < -0.4 is 0 Å². The van der Waals surface area contributed by atoms with E-state index in [-0.39, 0.29) is 25.6 Å². The lowest BCUT2D eigenvalue weighted by Crippen LogP contribution is -2.28. The number of ether oxygens (including phenoxy) is 2. The molecule has 336 valence electrons. The zero-order valence-electron chi connectivity index (χ0n) is 38.2. The average molecular weight is 827 g/mol. The number of aliphatic hydroxyl groups excluding tert-OH is 1. The summed E-state index contributed by atoms with van der Waals surface area (Å²) in [6, 6.07) is 0. The quantitative estimate of drug-likeness (QED) is 0.0378. The van der Waals surface area contributed by atoms with Crippen LogP contribution >= 0.6 is 0 Å². The highest BCUT2D eigenvalue weighted by Crippen LogP contribution is 2.13. The molecule has 0 radical (unpaired) electrons. The summed E-state index contributed by atoms with van der Waals surface area (Å²) >= 11 is 0. The second-order valence-corrected chi connectivity index (χ2v) is 15.1. The van der Waals surface area contributed by atoms with E-state index in [4.69, 9.17) is 9.47 Å². The van der Waals surface area contributed by atoms with Gasteiger partial charge in [-0.1, -0.05) is 205 Å². The van der Waals surface area contributed by atoms with Crippen LogP contribution in [0.5, 0.6) is 0 Å². The molecule has 0 aliphatic heterocycles. The van der Waals surface area contributed by atoms with Crippen molar-refractivity contribution in [3.05, 3.63) is 134 Å². The van der Waals surface area contributed by atoms with E-state index in [9.17, 15) is 14.7 Å². The molecule has 1 unspecified atom stereocenters. The average Bonchev–Trinajstić information content (AvgIpc) is 3.25. The van der Waals surface area contributed by atoms with Crippen molar-refractivity contribution in [3.8, 4) is 0 Å². The van der Waals surface area contributed by atoms with Gasteiger partial charge in [0, 0.05) is 12.8 Å². The molecule has 5 nitrogen and oxygen atoms in total. The van der Waals surface area contributed by atoms with Gasteiger partial charge in [-0.2, -0.15) is 0 Å². The van der Waals surface area contributed by atoms with E-state index in [0.29, 0.717) is 12.8 Å². The second-order valence-electron chi connectivity index (χ2n) is 15.1. The lowest BCUT2D eigenvalue weighted by molar-refractivity contribution is -0.161. The summed E-state index contributed by atoms with van der Waals surface area (Å²) in [5.41, 5.74) is 0. The number of hydrogen-bond acceptors (Lipinski definition) is 5. The van der Waals surface area contributed by atoms with Crippen molar-refractivity contribution in [2.45, 2.75) is 187 Å². The van der Waals surface area contributed by atoms with Crippen molar-refractivity contribution < 1.29 is 24.2 Å². The van der Waals surface area contributed by atoms with Gasteiger partial charge in [0.25, 0.3) is 0 Å². The Bertz CT molecular complexity index is 1300. The Labute approximate surface area is 368 Å². The van der Waals surface area contributed by atoms with Crippen LogP contribution in [0.2, 0.25) is 0 Å². The van der Waals surface area contributed by atoms with Crippen LogP contribution in [0.4, 0.5) is 0 Å². The van der Waals surface area contributed by atoms with E-state index < -0.39 is 12.1 Å². The minimum absolute atomic E-state index is 0.107. The summed E-state index contributed by atoms with van der Waals surface area (Å²) in [6.07, 6.45) is 74.0. The standard InChI is InChI=1S/C55H86O5/c1-3-5-7-9-11-13-15-17-19-21-23-24-25-26-27-28-29-30-32-33-35-37-39-41-43-45-47-49-54(57)59-52-53(51-56)60-55(58)50-48-46-44-42-40-38-36-34-31-22-20-18-16-14-12-10-8-6-4-2/h5-8,11-14,17-20,23-24,26-27,31,34,38,40,44,46,53,56H,3-4,9-10,15-16,21-22,25,28-30,32-33,35-37,39,41-43,45,47-52H2,1-2H3/b7-5-,8-6-,13-11-,14-12-,19-17-,20-18-,24-23-,27-26-,34-31-,40-38-,46-44-. The number of hydrogen-bond donors (Lipinski definition) is 1. The molecule has 0 heterocycles. The number of carbonyl (C=O) groups excluding carboxylic acids is 2. The molecular weight excluding hydrogens is 741 g/mol. The normalized spacial score (nSPS) is 13.4. The van der Waals surface area contributed by atoms with Gasteiger partial charge in [0.15, 0.2) is 6.10 Å². The van der Waals surface area contributed by atoms with Crippen LogP contribution in [0.25, 0.3) is 0 Å². The fraction of sp³-hybridized carbons (Fsp3) is 0.564. The Balaban J connectivity index is 3.66. The zero-order valence-corrected chi connectivity index (χ0v) is 38.2. The molecule has 0 aliphatic carbocycles. The minimum Gasteiger partial charge on any atom is -0.462 e. The number of aliphatic hydroxyl groups is 1. The maximum atomic E-state index is 12.2. The van der Waals surface area contributed by atoms with Gasteiger partial charge in [0.1, 0.15) is 6.61 Å². The van der Waals surface area contributed by atoms with Gasteiger partial charge in [0.2, 0.25) is 0 Å². The van der Waals surface area contributed by atoms with Crippen molar-refractivity contribution in [1.82, 2.24) is 0 Å². The topological polar surface area (TPSA) is 72.8 Å². The Hall–Kier alpha value is -3.96. The van der Waals surface area contributed by atoms with Crippen LogP contribution in [-0.4, -0.2) is 36.4 Å². The van der Waals surface area contributed by atoms with E-state index in [1.165, 1.54) is 57.8 Å². The van der Waals surface area contributed by atoms with Gasteiger partial charge in [-0.05, 0) is 96.3 Å². The minimum atomic E-state index is -0.824. The monoisotopic (exact) mass is 827 g/mol. The molecule has 0 aromatic heterocycles. The molecule has 5 heteroatoms. The van der Waals surface area contributed by atoms with Gasteiger partial charge >= 0.3 is 11.9 Å². The first-order valence-corrected chi connectivity index (χ1v) is 23.7. The Morgan fingerprint density at radius 1 is 0.383 bits per heavy atom. The predicted molar refractivity (Wildman–Crippen MR) is 260 cm³/mol. The largest absolute Gasteiger partial charge is 0.462 e. The molecule has 0 saturated heterocycles. The Morgan fingerprint density at radius 2 is 0.700 bits per heavy atom. The predicted octanol–water partition coefficient (Wildman–Crippen LogP) is 15.7. The highest BCUT2D eigenvalue weighted by atomic mass is 16.6. The second kappa shape index (κ2) is 49.4. The fourth-order valence-electron chi connectivity index (χ4n) is 5.96. The molecule has 1 atom stereocenters. The third-order valence-electron chi connectivity index (χ3n) is 9.45. The Kier molecular flexibility index (Phi) is 46.1. The van der Waals surface area contributed by atoms with E-state index in [0.717, 1.165) is 89.9 Å². The molecule has 0 rings (SSSR count). The van der Waals surface area contributed by atoms with Crippen molar-refractivity contribution in [2.75, 3.05) is 13.2 Å². The SMILES string of the molecule is CC/C=C\C/C=C\C/C=C\C/C=C\C/C=C\C/C=C\CCC(=O)OC(CO)COC(=O)CCCCCCCCCCCCC/C=C\C/C=C\C/C=C\C/C=C\C/C=C\CC. The first-order chi connectivity index (χ1) is 29.6. The summed E-state index contributed by atoms with van der Waals surface area (Å²) < 4.78 is 10.6. The molecule has 0 aromatic rings. The van der Waals surface area contributed by atoms with Crippen LogP contribution in [0.15, 0.2) is 134 Å². The first-order valence-electron chi connectivity index (χ1n) is 23.7. The van der Waals surface area contributed by atoms with Crippen LogP contribution in [0, 0.1) is 0 Å². The fourth-order valence-corrected chi connectivity index (χ4v) is 5.96. The number of allylic oxidation sites excluding steroid dienone is 22. The maximum Gasteiger partial charge on any atom is 0.306 e. The molecule has 0 spiro atoms. The van der Waals surface area contributed by atoms with Gasteiger partial charge in [-0.3, -0.25) is 9.59 Å². The number of unbranched alkanes of at least 4 members (excludes halogenated alkanes) is 11. The summed E-state index contributed by atoms with van der Waals surface area (Å²) in [5, 5.41) is 9.59. The summed E-state index contributed by atoms with van der Waals surface area (Å²) in [6.45, 7) is 3.83. The summed E-state index contributed by atoms with van der Waals surface area (Å²) in [4.78, 5) is 24.4. The van der Waals surface area contributed by atoms with Crippen molar-refractivity contribution >= 4 is 11.9 Å². The molecule has 0 fully saturated rings. The molecule has 0 amide bonds. The summed E-state index contributed by atoms with van der Waals surface area (Å²) in [5.74, 6) is -0.703. The number of rotatable bonds is 41. The van der Waals surface area contributed by atoms with Crippen LogP contribution in [0.1, 0.15) is 181 Å². The summed E-state index contributed by atoms with van der Waals surface area (Å²) in [7, 11) is 0. The van der Waals surface area contributed by atoms with Gasteiger partial charge in [0.05, 0.1) is 6.61 Å². The van der Waals surface area contributed by atoms with E-state index in [1.54, 1.807) is 0 Å². The van der Waals surface area contributed by atoms with Gasteiger partial charge < -0.3 is 14.6 Å². The molecule has 0 aromatic carbocycles. The molecular formula is C55H86O5. The highest BCUT2D eigenvalue weighted by molar-refractivity contribution is 5.70. The van der Waals surface area contributed by atoms with Crippen LogP contribution in [-0.2, 0) is 19.1 Å². The zero-order chi connectivity index (χ0) is 43.5. The molecule has 1 N–H and O–H groups in total.